The first kappa shape index (κ1) is 49.7. The summed E-state index contributed by atoms with van der Waals surface area (Å²) in [5.41, 5.74) is 14.0. The zero-order valence-electron chi connectivity index (χ0n) is 41.4. The fraction of sp³-hybridized carbons (Fsp3) is 0. The zero-order valence-corrected chi connectivity index (χ0v) is 41.4. The summed E-state index contributed by atoms with van der Waals surface area (Å²) in [7, 11) is 0. The Balaban J connectivity index is 0.000000186. The third kappa shape index (κ3) is 15.1. The molecule has 0 aromatic heterocycles. The van der Waals surface area contributed by atoms with Crippen molar-refractivity contribution in [3.05, 3.63) is 356 Å². The second kappa shape index (κ2) is 26.8. The molecule has 0 saturated carbocycles. The van der Waals surface area contributed by atoms with Crippen molar-refractivity contribution < 1.29 is 0 Å². The van der Waals surface area contributed by atoms with Crippen LogP contribution in [0.4, 0.5) is 0 Å². The summed E-state index contributed by atoms with van der Waals surface area (Å²) in [6.07, 6.45) is 0. The average molecular weight is 957 g/mol. The number of hydrogen-bond acceptors (Lipinski definition) is 0. The fourth-order valence-corrected chi connectivity index (χ4v) is 7.36. The van der Waals surface area contributed by atoms with Crippen LogP contribution in [-0.2, 0) is 0 Å². The summed E-state index contributed by atoms with van der Waals surface area (Å²) >= 11 is 0. The van der Waals surface area contributed by atoms with Crippen LogP contribution in [0.15, 0.2) is 267 Å². The van der Waals surface area contributed by atoms with Crippen LogP contribution in [-0.4, -0.2) is 0 Å². The van der Waals surface area contributed by atoms with E-state index in [0.29, 0.717) is 0 Å². The molecule has 0 atom stereocenters. The van der Waals surface area contributed by atoms with E-state index in [2.05, 4.69) is 94.7 Å². The molecule has 0 nitrogen and oxygen atoms in total. The highest BCUT2D eigenvalue weighted by molar-refractivity contribution is 5.69. The van der Waals surface area contributed by atoms with Crippen LogP contribution in [0.3, 0.4) is 0 Å². The molecule has 0 saturated heterocycles. The van der Waals surface area contributed by atoms with Gasteiger partial charge in [-0.05, 0) is 121 Å². The second-order valence-electron chi connectivity index (χ2n) is 16.8. The van der Waals surface area contributed by atoms with E-state index >= 15 is 0 Å². The summed E-state index contributed by atoms with van der Waals surface area (Å²) in [6, 6.07) is 87.6. The third-order valence-electron chi connectivity index (χ3n) is 11.3. The van der Waals surface area contributed by atoms with E-state index in [9.17, 15) is 0 Å². The van der Waals surface area contributed by atoms with Crippen molar-refractivity contribution in [1.82, 2.24) is 0 Å². The number of rotatable bonds is 0. The van der Waals surface area contributed by atoms with Gasteiger partial charge in [0.05, 0.1) is 11.1 Å². The maximum atomic E-state index is 3.39. The molecule has 0 N–H and O–H groups in total. The van der Waals surface area contributed by atoms with Crippen LogP contribution in [0.1, 0.15) is 89.0 Å². The molecular weight excluding hydrogens is 913 g/mol. The topological polar surface area (TPSA) is 0 Å². The van der Waals surface area contributed by atoms with Gasteiger partial charge < -0.3 is 0 Å². The lowest BCUT2D eigenvalue weighted by atomic mass is 9.95. The van der Waals surface area contributed by atoms with Gasteiger partial charge in [-0.3, -0.25) is 0 Å². The van der Waals surface area contributed by atoms with Crippen LogP contribution >= 0.6 is 0 Å². The molecule has 0 radical (unpaired) electrons. The van der Waals surface area contributed by atoms with Gasteiger partial charge in [0.2, 0.25) is 0 Å². The van der Waals surface area contributed by atoms with Gasteiger partial charge in [0.1, 0.15) is 0 Å². The summed E-state index contributed by atoms with van der Waals surface area (Å²) in [5.74, 6) is 53.1. The van der Waals surface area contributed by atoms with Crippen molar-refractivity contribution in [2.24, 2.45) is 0 Å². The van der Waals surface area contributed by atoms with E-state index in [1.54, 1.807) is 0 Å². The predicted molar refractivity (Wildman–Crippen MR) is 312 cm³/mol. The van der Waals surface area contributed by atoms with Crippen molar-refractivity contribution in [2.75, 3.05) is 0 Å². The molecule has 10 aromatic rings. The minimum Gasteiger partial charge on any atom is -0.0622 e. The molecule has 348 valence electrons. The first-order valence-corrected chi connectivity index (χ1v) is 24.6. The van der Waals surface area contributed by atoms with Crippen molar-refractivity contribution in [3.8, 4) is 94.7 Å². The molecule has 0 heterocycles. The highest BCUT2D eigenvalue weighted by Gasteiger charge is 2.10. The lowest BCUT2D eigenvalue weighted by Crippen LogP contribution is -1.95. The van der Waals surface area contributed by atoms with E-state index < -0.39 is 0 Å². The Hall–Kier alpha value is -11.3. The highest BCUT2D eigenvalue weighted by Crippen LogP contribution is 2.20. The Labute approximate surface area is 448 Å². The lowest BCUT2D eigenvalue weighted by molar-refractivity contribution is 1.50. The molecule has 0 fully saturated rings. The van der Waals surface area contributed by atoms with Gasteiger partial charge in [0.15, 0.2) is 0 Å². The maximum Gasteiger partial charge on any atom is 0.0575 e. The second-order valence-corrected chi connectivity index (χ2v) is 16.8. The van der Waals surface area contributed by atoms with Crippen LogP contribution in [0.5, 0.6) is 0 Å². The molecule has 0 aliphatic heterocycles. The van der Waals surface area contributed by atoms with Crippen molar-refractivity contribution in [1.29, 1.82) is 0 Å². The molecule has 10 rings (SSSR count). The molecular formula is C76H44. The molecule has 0 heteroatoms. The molecule has 0 unspecified atom stereocenters. The largest absolute Gasteiger partial charge is 0.0622 e. The first-order valence-electron chi connectivity index (χ1n) is 24.6. The Morgan fingerprint density at radius 1 is 0.132 bits per heavy atom. The first-order chi connectivity index (χ1) is 37.7. The Morgan fingerprint density at radius 2 is 0.289 bits per heavy atom. The Morgan fingerprint density at radius 3 is 0.474 bits per heavy atom. The van der Waals surface area contributed by atoms with E-state index in [4.69, 9.17) is 0 Å². The minimum absolute atomic E-state index is 0.778. The number of benzene rings is 10. The highest BCUT2D eigenvalue weighted by atomic mass is 14.1. The van der Waals surface area contributed by atoms with E-state index in [0.717, 1.165) is 89.0 Å². The van der Waals surface area contributed by atoms with Gasteiger partial charge in [-0.2, -0.15) is 0 Å². The summed E-state index contributed by atoms with van der Waals surface area (Å²) in [5, 5.41) is 0. The molecule has 0 aliphatic rings. The normalized spacial score (nSPS) is 9.26. The van der Waals surface area contributed by atoms with Crippen molar-refractivity contribution in [3.63, 3.8) is 0 Å². The number of hydrogen-bond donors (Lipinski definition) is 0. The zero-order chi connectivity index (χ0) is 51.7. The van der Waals surface area contributed by atoms with Gasteiger partial charge >= 0.3 is 0 Å². The predicted octanol–water partition coefficient (Wildman–Crippen LogP) is 14.6. The van der Waals surface area contributed by atoms with Crippen LogP contribution in [0, 0.1) is 94.7 Å². The molecule has 0 aliphatic carbocycles. The minimum atomic E-state index is 0.778. The molecule has 76 heavy (non-hydrogen) atoms. The average Bonchev–Trinajstić information content (AvgIpc) is 3.49. The third-order valence-corrected chi connectivity index (χ3v) is 11.3. The van der Waals surface area contributed by atoms with Crippen LogP contribution in [0.2, 0.25) is 0 Å². The van der Waals surface area contributed by atoms with E-state index in [-0.39, 0.29) is 0 Å². The van der Waals surface area contributed by atoms with Crippen LogP contribution in [0.25, 0.3) is 0 Å². The van der Waals surface area contributed by atoms with Crippen molar-refractivity contribution in [2.45, 2.75) is 0 Å². The SMILES string of the molecule is C(#Cc1cc(C#Cc2ccccc2)c(C#Cc2ccccc2)cc1C#Cc1ccccc1)c1ccccc1.C(#Cc1ccc(C#Cc2ccccc2)c(C#Cc2ccccc2)c1C#Cc1ccccc1)c1ccccc1. The van der Waals surface area contributed by atoms with Gasteiger partial charge in [0.25, 0.3) is 0 Å². The lowest BCUT2D eigenvalue weighted by Gasteiger charge is -2.05. The summed E-state index contributed by atoms with van der Waals surface area (Å²) < 4.78 is 0. The van der Waals surface area contributed by atoms with Gasteiger partial charge in [0, 0.05) is 77.9 Å². The molecule has 0 bridgehead atoms. The molecule has 10 aromatic carbocycles. The monoisotopic (exact) mass is 956 g/mol. The van der Waals surface area contributed by atoms with Gasteiger partial charge in [-0.15, -0.1) is 0 Å². The van der Waals surface area contributed by atoms with Gasteiger partial charge in [-0.1, -0.05) is 240 Å². The van der Waals surface area contributed by atoms with E-state index in [1.807, 2.05) is 267 Å². The Bertz CT molecular complexity index is 3560. The van der Waals surface area contributed by atoms with Gasteiger partial charge in [-0.25, -0.2) is 0 Å². The Kier molecular flexibility index (Phi) is 17.5. The van der Waals surface area contributed by atoms with Crippen molar-refractivity contribution >= 4 is 0 Å². The standard InChI is InChI=1S/2C38H22/c1-5-13-31(14-6-1)21-25-35-27-28-36(26-22-32-15-7-2-8-16-32)38(30-24-34-19-11-4-12-20-34)37(35)29-23-33-17-9-3-10-18-33;1-5-13-31(14-6-1)21-25-35-29-37(27-23-33-17-9-3-10-18-33)38(28-24-34-19-11-4-12-20-34)30-36(35)26-22-32-15-7-2-8-16-32/h1-20,27-28H;1-20,29-30H. The van der Waals surface area contributed by atoms with Crippen LogP contribution < -0.4 is 0 Å². The fourth-order valence-electron chi connectivity index (χ4n) is 7.36. The quantitative estimate of drug-likeness (QED) is 0.133. The smallest absolute Gasteiger partial charge is 0.0575 e. The molecule has 0 spiro atoms. The van der Waals surface area contributed by atoms with E-state index in [1.165, 1.54) is 0 Å². The molecule has 0 amide bonds. The maximum absolute atomic E-state index is 3.39. The summed E-state index contributed by atoms with van der Waals surface area (Å²) in [4.78, 5) is 0. The summed E-state index contributed by atoms with van der Waals surface area (Å²) in [6.45, 7) is 0.